The number of imidazole rings is 1. The Bertz CT molecular complexity index is 1440. The van der Waals surface area contributed by atoms with Gasteiger partial charge in [0.05, 0.1) is 10.4 Å². The number of benzene rings is 2. The van der Waals surface area contributed by atoms with Gasteiger partial charge < -0.3 is 19.1 Å². The predicted octanol–water partition coefficient (Wildman–Crippen LogP) is 5.00. The lowest BCUT2D eigenvalue weighted by Gasteiger charge is -2.38. The van der Waals surface area contributed by atoms with E-state index in [1.165, 1.54) is 51.4 Å². The number of sulfone groups is 1. The van der Waals surface area contributed by atoms with Crippen LogP contribution in [0.2, 0.25) is 0 Å². The summed E-state index contributed by atoms with van der Waals surface area (Å²) < 4.78 is 47.1. The molecule has 6 rings (SSSR count). The van der Waals surface area contributed by atoms with E-state index in [1.54, 1.807) is 28.8 Å². The highest BCUT2D eigenvalue weighted by Gasteiger charge is 2.31. The average Bonchev–Trinajstić information content (AvgIpc) is 3.13. The Labute approximate surface area is 237 Å². The molecule has 3 fully saturated rings. The molecule has 2 aromatic carbocycles. The Morgan fingerprint density at radius 2 is 1.50 bits per heavy atom. The number of likely N-dealkylation sites (tertiary alicyclic amines) is 2. The third kappa shape index (κ3) is 5.58. The zero-order valence-corrected chi connectivity index (χ0v) is 24.5. The van der Waals surface area contributed by atoms with Gasteiger partial charge in [-0.15, -0.1) is 0 Å². The topological polar surface area (TPSA) is 67.7 Å². The molecule has 3 aliphatic heterocycles. The van der Waals surface area contributed by atoms with Gasteiger partial charge in [-0.25, -0.2) is 17.8 Å². The molecule has 0 bridgehead atoms. The standard InChI is InChI=1S/C31H41FN4O3S/c1-34-30-28(33-31(34)23-5-7-26(8-6-23)40(2,37)38)10-9-27(29(30)32)22-11-17-36(18-12-22)24-4-3-16-35(19-13-24)25-14-20-39-21-15-25/h5-10,22,24-25H,3-4,11-21H2,1-2H3. The van der Waals surface area contributed by atoms with Gasteiger partial charge in [-0.05, 0) is 113 Å². The van der Waals surface area contributed by atoms with Crippen molar-refractivity contribution in [3.05, 3.63) is 47.8 Å². The molecule has 1 unspecified atom stereocenters. The number of hydrogen-bond donors (Lipinski definition) is 0. The highest BCUT2D eigenvalue weighted by molar-refractivity contribution is 7.90. The molecule has 7 nitrogen and oxygen atoms in total. The van der Waals surface area contributed by atoms with E-state index in [9.17, 15) is 8.42 Å². The second-order valence-corrected chi connectivity index (χ2v) is 13.9. The fraction of sp³-hybridized carbons (Fsp3) is 0.581. The van der Waals surface area contributed by atoms with Crippen LogP contribution in [0.1, 0.15) is 56.4 Å². The summed E-state index contributed by atoms with van der Waals surface area (Å²) in [5.41, 5.74) is 2.69. The van der Waals surface area contributed by atoms with Crippen LogP contribution in [0.15, 0.2) is 41.3 Å². The number of aryl methyl sites for hydroxylation is 1. The molecule has 1 atom stereocenters. The summed E-state index contributed by atoms with van der Waals surface area (Å²) in [4.78, 5) is 10.3. The molecule has 4 heterocycles. The Kier molecular flexibility index (Phi) is 8.00. The second kappa shape index (κ2) is 11.5. The highest BCUT2D eigenvalue weighted by atomic mass is 32.2. The summed E-state index contributed by atoms with van der Waals surface area (Å²) in [6.07, 6.45) is 9.21. The molecule has 3 aromatic rings. The second-order valence-electron chi connectivity index (χ2n) is 11.9. The third-order valence-electron chi connectivity index (χ3n) is 9.47. The first-order valence-corrected chi connectivity index (χ1v) is 16.7. The largest absolute Gasteiger partial charge is 0.381 e. The van der Waals surface area contributed by atoms with Crippen LogP contribution in [0, 0.1) is 5.82 Å². The molecule has 9 heteroatoms. The minimum absolute atomic E-state index is 0.175. The van der Waals surface area contributed by atoms with Gasteiger partial charge in [0, 0.05) is 44.2 Å². The van der Waals surface area contributed by atoms with Gasteiger partial charge in [-0.3, -0.25) is 0 Å². The van der Waals surface area contributed by atoms with Crippen molar-refractivity contribution in [2.75, 3.05) is 45.6 Å². The lowest BCUT2D eigenvalue weighted by molar-refractivity contribution is 0.0341. The van der Waals surface area contributed by atoms with Crippen molar-refractivity contribution < 1.29 is 17.5 Å². The number of fused-ring (bicyclic) bond motifs is 1. The molecule has 0 radical (unpaired) electrons. The first-order chi connectivity index (χ1) is 19.3. The van der Waals surface area contributed by atoms with E-state index in [4.69, 9.17) is 9.72 Å². The Morgan fingerprint density at radius 1 is 0.850 bits per heavy atom. The maximum absolute atomic E-state index is 16.0. The van der Waals surface area contributed by atoms with Gasteiger partial charge in [0.1, 0.15) is 11.3 Å². The first kappa shape index (κ1) is 27.8. The molecule has 0 aliphatic carbocycles. The fourth-order valence-electron chi connectivity index (χ4n) is 7.16. The maximum atomic E-state index is 16.0. The molecule has 3 saturated heterocycles. The van der Waals surface area contributed by atoms with Crippen LogP contribution in [-0.2, 0) is 21.6 Å². The predicted molar refractivity (Wildman–Crippen MR) is 156 cm³/mol. The summed E-state index contributed by atoms with van der Waals surface area (Å²) in [7, 11) is -1.45. The minimum atomic E-state index is -3.28. The van der Waals surface area contributed by atoms with Gasteiger partial charge in [-0.2, -0.15) is 0 Å². The molecule has 0 N–H and O–H groups in total. The Morgan fingerprint density at radius 3 is 2.20 bits per heavy atom. The zero-order chi connectivity index (χ0) is 27.9. The number of halogens is 1. The summed E-state index contributed by atoms with van der Waals surface area (Å²) in [5.74, 6) is 0.660. The van der Waals surface area contributed by atoms with Crippen molar-refractivity contribution in [2.45, 2.75) is 67.8 Å². The molecule has 216 valence electrons. The van der Waals surface area contributed by atoms with E-state index >= 15 is 4.39 Å². The lowest BCUT2D eigenvalue weighted by Crippen LogP contribution is -2.43. The highest BCUT2D eigenvalue weighted by Crippen LogP contribution is 2.36. The number of piperidine rings is 1. The molecule has 40 heavy (non-hydrogen) atoms. The monoisotopic (exact) mass is 568 g/mol. The number of nitrogens with zero attached hydrogens (tertiary/aromatic N) is 4. The van der Waals surface area contributed by atoms with Crippen molar-refractivity contribution in [1.82, 2.24) is 19.4 Å². The van der Waals surface area contributed by atoms with E-state index in [0.717, 1.165) is 50.3 Å². The molecule has 3 aliphatic rings. The van der Waals surface area contributed by atoms with E-state index in [-0.39, 0.29) is 16.6 Å². The van der Waals surface area contributed by atoms with E-state index in [1.807, 2.05) is 19.2 Å². The van der Waals surface area contributed by atoms with Crippen molar-refractivity contribution in [2.24, 2.45) is 7.05 Å². The van der Waals surface area contributed by atoms with Crippen LogP contribution in [0.4, 0.5) is 4.39 Å². The molecule has 0 spiro atoms. The summed E-state index contributed by atoms with van der Waals surface area (Å²) in [5, 5.41) is 0. The van der Waals surface area contributed by atoms with E-state index < -0.39 is 9.84 Å². The van der Waals surface area contributed by atoms with Gasteiger partial charge in [0.25, 0.3) is 0 Å². The van der Waals surface area contributed by atoms with Crippen LogP contribution in [0.25, 0.3) is 22.4 Å². The third-order valence-corrected chi connectivity index (χ3v) is 10.6. The molecular formula is C31H41FN4O3S. The quantitative estimate of drug-likeness (QED) is 0.432. The molecule has 0 amide bonds. The lowest BCUT2D eigenvalue weighted by atomic mass is 9.87. The zero-order valence-electron chi connectivity index (χ0n) is 23.7. The summed E-state index contributed by atoms with van der Waals surface area (Å²) >= 11 is 0. The van der Waals surface area contributed by atoms with Crippen LogP contribution in [-0.4, -0.2) is 85.5 Å². The van der Waals surface area contributed by atoms with Crippen LogP contribution < -0.4 is 0 Å². The first-order valence-electron chi connectivity index (χ1n) is 14.8. The molecule has 0 saturated carbocycles. The normalized spacial score (nSPS) is 23.0. The van der Waals surface area contributed by atoms with Crippen LogP contribution >= 0.6 is 0 Å². The van der Waals surface area contributed by atoms with E-state index in [2.05, 4.69) is 9.80 Å². The smallest absolute Gasteiger partial charge is 0.175 e. The van der Waals surface area contributed by atoms with E-state index in [0.29, 0.717) is 28.9 Å². The van der Waals surface area contributed by atoms with Crippen molar-refractivity contribution in [3.8, 4) is 11.4 Å². The number of ether oxygens (including phenoxy) is 1. The summed E-state index contributed by atoms with van der Waals surface area (Å²) in [6, 6.07) is 11.8. The Hall–Kier alpha value is -2.33. The van der Waals surface area contributed by atoms with Gasteiger partial charge in [-0.1, -0.05) is 6.07 Å². The van der Waals surface area contributed by atoms with Crippen molar-refractivity contribution in [3.63, 3.8) is 0 Å². The van der Waals surface area contributed by atoms with Crippen LogP contribution in [0.5, 0.6) is 0 Å². The van der Waals surface area contributed by atoms with Crippen LogP contribution in [0.3, 0.4) is 0 Å². The average molecular weight is 569 g/mol. The fourth-order valence-corrected chi connectivity index (χ4v) is 7.79. The Balaban J connectivity index is 1.13. The molecular weight excluding hydrogens is 527 g/mol. The number of rotatable bonds is 5. The van der Waals surface area contributed by atoms with Gasteiger partial charge in [0.15, 0.2) is 15.7 Å². The van der Waals surface area contributed by atoms with Gasteiger partial charge >= 0.3 is 0 Å². The van der Waals surface area contributed by atoms with Crippen molar-refractivity contribution in [1.29, 1.82) is 0 Å². The minimum Gasteiger partial charge on any atom is -0.381 e. The molecule has 1 aromatic heterocycles. The maximum Gasteiger partial charge on any atom is 0.175 e. The SMILES string of the molecule is Cn1c(-c2ccc(S(C)(=O)=O)cc2)nc2ccc(C3CCN(C4CCCN(C5CCOCC5)CC4)CC3)c(F)c21. The van der Waals surface area contributed by atoms with Gasteiger partial charge in [0.2, 0.25) is 0 Å². The number of aromatic nitrogens is 2. The van der Waals surface area contributed by atoms with Crippen molar-refractivity contribution >= 4 is 20.9 Å². The number of hydrogen-bond acceptors (Lipinski definition) is 6. The summed E-state index contributed by atoms with van der Waals surface area (Å²) in [6.45, 7) is 6.23.